The minimum atomic E-state index is -0.336. The Balaban J connectivity index is 1.79. The van der Waals surface area contributed by atoms with Gasteiger partial charge in [-0.05, 0) is 55.7 Å². The van der Waals surface area contributed by atoms with Gasteiger partial charge in [0.25, 0.3) is 5.91 Å². The molecule has 5 heteroatoms. The lowest BCUT2D eigenvalue weighted by molar-refractivity contribution is 0.101. The Morgan fingerprint density at radius 2 is 1.66 bits per heavy atom. The molecule has 0 aliphatic carbocycles. The molecular formula is C24H22N4O. The zero-order valence-corrected chi connectivity index (χ0v) is 16.7. The van der Waals surface area contributed by atoms with Crippen LogP contribution in [0.25, 0.3) is 17.1 Å². The SMILES string of the molecule is Cc1cccc(NC(=O)c2nc(-c3ccccc3)n(-c3cccc(C)c3C)n2)c1. The van der Waals surface area contributed by atoms with Gasteiger partial charge >= 0.3 is 0 Å². The molecule has 1 aromatic heterocycles. The predicted octanol–water partition coefficient (Wildman–Crippen LogP) is 5.11. The van der Waals surface area contributed by atoms with E-state index in [1.807, 2.05) is 80.6 Å². The van der Waals surface area contributed by atoms with E-state index >= 15 is 0 Å². The molecule has 1 N–H and O–H groups in total. The minimum Gasteiger partial charge on any atom is -0.319 e. The highest BCUT2D eigenvalue weighted by molar-refractivity contribution is 6.01. The number of hydrogen-bond acceptors (Lipinski definition) is 3. The molecule has 3 aromatic carbocycles. The molecule has 0 aliphatic rings. The standard InChI is InChI=1S/C24H22N4O/c1-16-9-7-13-20(15-16)25-24(29)22-26-23(19-11-5-4-6-12-19)28(27-22)21-14-8-10-17(2)18(21)3/h4-15H,1-3H3,(H,25,29). The van der Waals surface area contributed by atoms with Gasteiger partial charge in [-0.25, -0.2) is 9.67 Å². The second-order valence-electron chi connectivity index (χ2n) is 7.08. The van der Waals surface area contributed by atoms with Crippen molar-refractivity contribution in [1.29, 1.82) is 0 Å². The molecule has 4 aromatic rings. The van der Waals surface area contributed by atoms with Gasteiger partial charge in [-0.2, -0.15) is 0 Å². The van der Waals surface area contributed by atoms with Crippen LogP contribution in [0, 0.1) is 20.8 Å². The third-order valence-corrected chi connectivity index (χ3v) is 4.92. The van der Waals surface area contributed by atoms with Crippen molar-refractivity contribution >= 4 is 11.6 Å². The predicted molar refractivity (Wildman–Crippen MR) is 115 cm³/mol. The molecule has 144 valence electrons. The zero-order chi connectivity index (χ0) is 20.4. The maximum atomic E-state index is 12.9. The molecular weight excluding hydrogens is 360 g/mol. The van der Waals surface area contributed by atoms with Gasteiger partial charge in [0, 0.05) is 11.3 Å². The fraction of sp³-hybridized carbons (Fsp3) is 0.125. The number of aromatic nitrogens is 3. The number of nitrogens with one attached hydrogen (secondary N) is 1. The molecule has 0 radical (unpaired) electrons. The lowest BCUT2D eigenvalue weighted by atomic mass is 10.1. The smallest absolute Gasteiger partial charge is 0.295 e. The van der Waals surface area contributed by atoms with Crippen LogP contribution in [0.2, 0.25) is 0 Å². The molecule has 0 bridgehead atoms. The van der Waals surface area contributed by atoms with E-state index in [0.717, 1.165) is 33.6 Å². The number of nitrogens with zero attached hydrogens (tertiary/aromatic N) is 3. The van der Waals surface area contributed by atoms with E-state index in [4.69, 9.17) is 0 Å². The van der Waals surface area contributed by atoms with E-state index < -0.39 is 0 Å². The number of hydrogen-bond donors (Lipinski definition) is 1. The molecule has 0 spiro atoms. The number of anilines is 1. The molecule has 0 saturated heterocycles. The summed E-state index contributed by atoms with van der Waals surface area (Å²) in [6, 6.07) is 23.5. The van der Waals surface area contributed by atoms with E-state index in [1.165, 1.54) is 0 Å². The highest BCUT2D eigenvalue weighted by atomic mass is 16.2. The number of aryl methyl sites for hydroxylation is 2. The van der Waals surface area contributed by atoms with Crippen molar-refractivity contribution in [2.45, 2.75) is 20.8 Å². The van der Waals surface area contributed by atoms with Crippen LogP contribution < -0.4 is 5.32 Å². The van der Waals surface area contributed by atoms with Crippen molar-refractivity contribution in [2.75, 3.05) is 5.32 Å². The van der Waals surface area contributed by atoms with Crippen LogP contribution in [0.15, 0.2) is 72.8 Å². The van der Waals surface area contributed by atoms with Crippen LogP contribution in [0.1, 0.15) is 27.3 Å². The maximum Gasteiger partial charge on any atom is 0.295 e. The first kappa shape index (κ1) is 18.6. The molecule has 0 aliphatic heterocycles. The Morgan fingerprint density at radius 3 is 2.41 bits per heavy atom. The van der Waals surface area contributed by atoms with Crippen molar-refractivity contribution in [3.05, 3.63) is 95.3 Å². The summed E-state index contributed by atoms with van der Waals surface area (Å²) < 4.78 is 1.75. The lowest BCUT2D eigenvalue weighted by Crippen LogP contribution is -2.14. The first-order chi connectivity index (χ1) is 14.0. The summed E-state index contributed by atoms with van der Waals surface area (Å²) in [7, 11) is 0. The number of amides is 1. The third-order valence-electron chi connectivity index (χ3n) is 4.92. The van der Waals surface area contributed by atoms with Crippen molar-refractivity contribution in [1.82, 2.24) is 14.8 Å². The van der Waals surface area contributed by atoms with Gasteiger partial charge in [-0.3, -0.25) is 4.79 Å². The third kappa shape index (κ3) is 3.80. The topological polar surface area (TPSA) is 59.8 Å². The Kier molecular flexibility index (Phi) is 4.96. The maximum absolute atomic E-state index is 12.9. The zero-order valence-electron chi connectivity index (χ0n) is 16.7. The van der Waals surface area contributed by atoms with Gasteiger partial charge in [0.15, 0.2) is 5.82 Å². The summed E-state index contributed by atoms with van der Waals surface area (Å²) in [4.78, 5) is 17.4. The second-order valence-corrected chi connectivity index (χ2v) is 7.08. The minimum absolute atomic E-state index is 0.131. The Labute approximate surface area is 170 Å². The molecule has 1 amide bonds. The van der Waals surface area contributed by atoms with Gasteiger partial charge in [-0.1, -0.05) is 54.6 Å². The van der Waals surface area contributed by atoms with E-state index in [1.54, 1.807) is 4.68 Å². The summed E-state index contributed by atoms with van der Waals surface area (Å²) in [5.74, 6) is 0.428. The summed E-state index contributed by atoms with van der Waals surface area (Å²) >= 11 is 0. The first-order valence-electron chi connectivity index (χ1n) is 9.50. The Bertz CT molecular complexity index is 1180. The number of rotatable bonds is 4. The fourth-order valence-electron chi connectivity index (χ4n) is 3.23. The quantitative estimate of drug-likeness (QED) is 0.533. The summed E-state index contributed by atoms with van der Waals surface area (Å²) in [6.45, 7) is 6.09. The normalized spacial score (nSPS) is 10.7. The van der Waals surface area contributed by atoms with Crippen LogP contribution in [-0.2, 0) is 0 Å². The molecule has 0 saturated carbocycles. The first-order valence-corrected chi connectivity index (χ1v) is 9.50. The van der Waals surface area contributed by atoms with Crippen LogP contribution in [0.4, 0.5) is 5.69 Å². The van der Waals surface area contributed by atoms with E-state index in [0.29, 0.717) is 5.82 Å². The van der Waals surface area contributed by atoms with E-state index in [2.05, 4.69) is 28.4 Å². The van der Waals surface area contributed by atoms with Crippen LogP contribution >= 0.6 is 0 Å². The van der Waals surface area contributed by atoms with Crippen molar-refractivity contribution in [3.63, 3.8) is 0 Å². The van der Waals surface area contributed by atoms with E-state index in [-0.39, 0.29) is 11.7 Å². The number of carbonyl (C=O) groups excluding carboxylic acids is 1. The van der Waals surface area contributed by atoms with Gasteiger partial charge in [0.1, 0.15) is 0 Å². The van der Waals surface area contributed by atoms with Crippen molar-refractivity contribution in [2.24, 2.45) is 0 Å². The summed E-state index contributed by atoms with van der Waals surface area (Å²) in [6.07, 6.45) is 0. The van der Waals surface area contributed by atoms with Gasteiger partial charge in [-0.15, -0.1) is 5.10 Å². The van der Waals surface area contributed by atoms with Crippen LogP contribution in [0.5, 0.6) is 0 Å². The van der Waals surface area contributed by atoms with E-state index in [9.17, 15) is 4.79 Å². The summed E-state index contributed by atoms with van der Waals surface area (Å²) in [5, 5.41) is 7.46. The lowest BCUT2D eigenvalue weighted by Gasteiger charge is -2.10. The molecule has 0 unspecified atom stereocenters. The molecule has 4 rings (SSSR count). The monoisotopic (exact) mass is 382 g/mol. The van der Waals surface area contributed by atoms with Crippen molar-refractivity contribution in [3.8, 4) is 17.1 Å². The highest BCUT2D eigenvalue weighted by Gasteiger charge is 2.20. The largest absolute Gasteiger partial charge is 0.319 e. The van der Waals surface area contributed by atoms with Gasteiger partial charge in [0.05, 0.1) is 5.69 Å². The summed E-state index contributed by atoms with van der Waals surface area (Å²) in [5.41, 5.74) is 5.85. The second kappa shape index (κ2) is 7.72. The van der Waals surface area contributed by atoms with Crippen LogP contribution in [-0.4, -0.2) is 20.7 Å². The van der Waals surface area contributed by atoms with Crippen molar-refractivity contribution < 1.29 is 4.79 Å². The van der Waals surface area contributed by atoms with Gasteiger partial charge in [0.2, 0.25) is 5.82 Å². The molecule has 0 fully saturated rings. The average Bonchev–Trinajstić information content (AvgIpc) is 3.16. The molecule has 29 heavy (non-hydrogen) atoms. The molecule has 1 heterocycles. The Morgan fingerprint density at radius 1 is 0.897 bits per heavy atom. The number of carbonyl (C=O) groups is 1. The van der Waals surface area contributed by atoms with Crippen LogP contribution in [0.3, 0.4) is 0 Å². The molecule has 5 nitrogen and oxygen atoms in total. The van der Waals surface area contributed by atoms with Gasteiger partial charge < -0.3 is 5.32 Å². The fourth-order valence-corrected chi connectivity index (χ4v) is 3.23. The number of benzene rings is 3. The highest BCUT2D eigenvalue weighted by Crippen LogP contribution is 2.24. The Hall–Kier alpha value is -3.73. The average molecular weight is 382 g/mol. The molecule has 0 atom stereocenters.